The second-order valence-electron chi connectivity index (χ2n) is 5.54. The normalized spacial score (nSPS) is 26.1. The van der Waals surface area contributed by atoms with Gasteiger partial charge in [0.1, 0.15) is 10.6 Å². The van der Waals surface area contributed by atoms with Crippen LogP contribution in [0.4, 0.5) is 8.78 Å². The zero-order valence-electron chi connectivity index (χ0n) is 11.9. The van der Waals surface area contributed by atoms with Gasteiger partial charge in [-0.05, 0) is 37.9 Å². The molecule has 0 aliphatic carbocycles. The highest BCUT2D eigenvalue weighted by atomic mass is 32.2. The first-order valence-corrected chi connectivity index (χ1v) is 8.72. The Balaban J connectivity index is 2.00. The van der Waals surface area contributed by atoms with Crippen molar-refractivity contribution in [3.05, 3.63) is 24.3 Å². The molecule has 2 saturated heterocycles. The molecule has 2 bridgehead atoms. The average Bonchev–Trinajstić information content (AvgIpc) is 2.72. The van der Waals surface area contributed by atoms with E-state index in [-0.39, 0.29) is 22.7 Å². The number of nitrogens with zero attached hydrogens (tertiary/aromatic N) is 1. The van der Waals surface area contributed by atoms with E-state index in [1.807, 2.05) is 0 Å². The Kier molecular flexibility index (Phi) is 4.33. The van der Waals surface area contributed by atoms with Gasteiger partial charge in [-0.1, -0.05) is 12.1 Å². The largest absolute Gasteiger partial charge is 0.433 e. The highest BCUT2D eigenvalue weighted by Crippen LogP contribution is 2.36. The van der Waals surface area contributed by atoms with Crippen LogP contribution in [0.5, 0.6) is 5.75 Å². The van der Waals surface area contributed by atoms with E-state index in [0.29, 0.717) is 6.54 Å². The van der Waals surface area contributed by atoms with E-state index in [0.717, 1.165) is 25.8 Å². The fourth-order valence-electron chi connectivity index (χ4n) is 3.30. The highest BCUT2D eigenvalue weighted by Gasteiger charge is 2.44. The van der Waals surface area contributed by atoms with Crippen molar-refractivity contribution in [3.63, 3.8) is 0 Å². The highest BCUT2D eigenvalue weighted by molar-refractivity contribution is 7.89. The van der Waals surface area contributed by atoms with Crippen molar-refractivity contribution in [2.24, 2.45) is 0 Å². The lowest BCUT2D eigenvalue weighted by Gasteiger charge is -2.27. The quantitative estimate of drug-likeness (QED) is 0.913. The molecule has 2 aliphatic rings. The molecule has 2 atom stereocenters. The van der Waals surface area contributed by atoms with Crippen LogP contribution in [-0.2, 0) is 10.0 Å². The van der Waals surface area contributed by atoms with Gasteiger partial charge in [0.25, 0.3) is 0 Å². The molecule has 0 radical (unpaired) electrons. The van der Waals surface area contributed by atoms with Crippen molar-refractivity contribution in [3.8, 4) is 5.75 Å². The number of para-hydroxylation sites is 1. The minimum atomic E-state index is -3.86. The van der Waals surface area contributed by atoms with Crippen molar-refractivity contribution < 1.29 is 21.9 Å². The summed E-state index contributed by atoms with van der Waals surface area (Å²) >= 11 is 0. The molecule has 3 rings (SSSR count). The van der Waals surface area contributed by atoms with E-state index >= 15 is 0 Å². The summed E-state index contributed by atoms with van der Waals surface area (Å²) in [6, 6.07) is 5.38. The van der Waals surface area contributed by atoms with Gasteiger partial charge in [0.15, 0.2) is 0 Å². The monoisotopic (exact) mass is 332 g/mol. The molecule has 5 nitrogen and oxygen atoms in total. The molecule has 1 aromatic rings. The van der Waals surface area contributed by atoms with Gasteiger partial charge in [-0.3, -0.25) is 0 Å². The topological polar surface area (TPSA) is 58.6 Å². The lowest BCUT2D eigenvalue weighted by atomic mass is 10.1. The number of benzene rings is 1. The third-order valence-electron chi connectivity index (χ3n) is 4.21. The van der Waals surface area contributed by atoms with Crippen LogP contribution in [0.15, 0.2) is 29.2 Å². The van der Waals surface area contributed by atoms with Gasteiger partial charge in [-0.25, -0.2) is 8.42 Å². The average molecular weight is 332 g/mol. The van der Waals surface area contributed by atoms with E-state index in [4.69, 9.17) is 0 Å². The number of nitrogens with one attached hydrogen (secondary N) is 1. The van der Waals surface area contributed by atoms with Crippen LogP contribution in [0.1, 0.15) is 19.3 Å². The second kappa shape index (κ2) is 6.10. The molecule has 0 spiro atoms. The Labute approximate surface area is 128 Å². The Bertz CT molecular complexity index is 625. The number of fused-ring (bicyclic) bond motifs is 2. The van der Waals surface area contributed by atoms with Crippen molar-refractivity contribution in [2.45, 2.75) is 42.9 Å². The Morgan fingerprint density at radius 2 is 1.91 bits per heavy atom. The molecular weight excluding hydrogens is 314 g/mol. The summed E-state index contributed by atoms with van der Waals surface area (Å²) < 4.78 is 56.9. The third kappa shape index (κ3) is 2.82. The first-order valence-electron chi connectivity index (χ1n) is 7.28. The molecule has 2 aliphatic heterocycles. The zero-order valence-corrected chi connectivity index (χ0v) is 12.7. The van der Waals surface area contributed by atoms with Crippen molar-refractivity contribution in [1.29, 1.82) is 0 Å². The maximum absolute atomic E-state index is 13.0. The maximum atomic E-state index is 13.0. The van der Waals surface area contributed by atoms with Crippen molar-refractivity contribution in [1.82, 2.24) is 9.62 Å². The van der Waals surface area contributed by atoms with Crippen molar-refractivity contribution in [2.75, 3.05) is 13.1 Å². The molecule has 2 fully saturated rings. The zero-order chi connectivity index (χ0) is 15.7. The fourth-order valence-corrected chi connectivity index (χ4v) is 5.32. The standard InChI is InChI=1S/C14H18F2N2O3S/c15-14(16)21-12-3-1-2-4-13(12)22(19,20)18-10-5-6-11(18)9-17-8-7-10/h1-4,10-11,14,17H,5-9H2. The number of rotatable bonds is 4. The van der Waals surface area contributed by atoms with Crippen molar-refractivity contribution >= 4 is 10.0 Å². The fraction of sp³-hybridized carbons (Fsp3) is 0.571. The van der Waals surface area contributed by atoms with Gasteiger partial charge >= 0.3 is 6.61 Å². The van der Waals surface area contributed by atoms with E-state index in [2.05, 4.69) is 10.1 Å². The molecule has 0 amide bonds. The SMILES string of the molecule is O=S(=O)(c1ccccc1OC(F)F)N1C2CCNCC1CC2. The molecular formula is C14H18F2N2O3S. The molecule has 22 heavy (non-hydrogen) atoms. The van der Waals surface area contributed by atoms with Crippen LogP contribution in [0, 0.1) is 0 Å². The summed E-state index contributed by atoms with van der Waals surface area (Å²) in [5, 5.41) is 3.22. The smallest absolute Gasteiger partial charge is 0.387 e. The van der Waals surface area contributed by atoms with Crippen LogP contribution in [-0.4, -0.2) is 44.5 Å². The van der Waals surface area contributed by atoms with E-state index in [1.165, 1.54) is 28.6 Å². The summed E-state index contributed by atoms with van der Waals surface area (Å²) in [5.41, 5.74) is 0. The number of hydrogen-bond acceptors (Lipinski definition) is 4. The number of hydrogen-bond donors (Lipinski definition) is 1. The minimum absolute atomic E-state index is 0.0791. The summed E-state index contributed by atoms with van der Waals surface area (Å²) in [6.07, 6.45) is 2.33. The molecule has 1 aromatic carbocycles. The predicted octanol–water partition coefficient (Wildman–Crippen LogP) is 1.80. The first kappa shape index (κ1) is 15.6. The maximum Gasteiger partial charge on any atom is 0.387 e. The Hall–Kier alpha value is -1.25. The van der Waals surface area contributed by atoms with Crippen LogP contribution in [0.25, 0.3) is 0 Å². The molecule has 2 unspecified atom stereocenters. The number of halogens is 2. The summed E-state index contributed by atoms with van der Waals surface area (Å²) in [5.74, 6) is -0.297. The minimum Gasteiger partial charge on any atom is -0.433 e. The van der Waals surface area contributed by atoms with Gasteiger partial charge < -0.3 is 10.1 Å². The molecule has 0 saturated carbocycles. The third-order valence-corrected chi connectivity index (χ3v) is 6.25. The second-order valence-corrected chi connectivity index (χ2v) is 7.35. The lowest BCUT2D eigenvalue weighted by Crippen LogP contribution is -2.42. The van der Waals surface area contributed by atoms with Crippen LogP contribution in [0.2, 0.25) is 0 Å². The van der Waals surface area contributed by atoms with E-state index in [1.54, 1.807) is 0 Å². The Morgan fingerprint density at radius 1 is 1.18 bits per heavy atom. The molecule has 122 valence electrons. The summed E-state index contributed by atoms with van der Waals surface area (Å²) in [4.78, 5) is -0.186. The predicted molar refractivity (Wildman–Crippen MR) is 76.4 cm³/mol. The number of alkyl halides is 2. The molecule has 8 heteroatoms. The van der Waals surface area contributed by atoms with Gasteiger partial charge in [-0.15, -0.1) is 0 Å². The number of ether oxygens (including phenoxy) is 1. The molecule has 1 N–H and O–H groups in total. The lowest BCUT2D eigenvalue weighted by molar-refractivity contribution is -0.0518. The van der Waals surface area contributed by atoms with Gasteiger partial charge in [-0.2, -0.15) is 13.1 Å². The van der Waals surface area contributed by atoms with E-state index < -0.39 is 16.6 Å². The van der Waals surface area contributed by atoms with E-state index in [9.17, 15) is 17.2 Å². The van der Waals surface area contributed by atoms with Gasteiger partial charge in [0.2, 0.25) is 10.0 Å². The summed E-state index contributed by atoms with van der Waals surface area (Å²) in [7, 11) is -3.86. The molecule has 2 heterocycles. The van der Waals surface area contributed by atoms with Crippen LogP contribution in [0.3, 0.4) is 0 Å². The van der Waals surface area contributed by atoms with Gasteiger partial charge in [0, 0.05) is 18.6 Å². The van der Waals surface area contributed by atoms with Gasteiger partial charge in [0.05, 0.1) is 0 Å². The summed E-state index contributed by atoms with van der Waals surface area (Å²) in [6.45, 7) is -1.70. The molecule has 0 aromatic heterocycles. The number of sulfonamides is 1. The Morgan fingerprint density at radius 3 is 2.68 bits per heavy atom. The first-order chi connectivity index (χ1) is 10.5. The van der Waals surface area contributed by atoms with Crippen LogP contribution >= 0.6 is 0 Å². The van der Waals surface area contributed by atoms with Crippen LogP contribution < -0.4 is 10.1 Å².